The van der Waals surface area contributed by atoms with E-state index in [1.807, 2.05) is 0 Å². The van der Waals surface area contributed by atoms with E-state index in [9.17, 15) is 24.0 Å². The van der Waals surface area contributed by atoms with Crippen LogP contribution in [0.1, 0.15) is 28.8 Å². The van der Waals surface area contributed by atoms with Gasteiger partial charge in [0.1, 0.15) is 0 Å². The number of hydrogen-bond donors (Lipinski definition) is 0. The molecule has 0 radical (unpaired) electrons. The number of carbonyl (C=O) groups excluding carboxylic acids is 5. The van der Waals surface area contributed by atoms with Crippen molar-refractivity contribution in [2.75, 3.05) is 9.80 Å². The molecular formula is C31H24N2O5. The molecule has 4 amide bonds. The van der Waals surface area contributed by atoms with E-state index in [0.717, 1.165) is 12.8 Å². The molecule has 4 fully saturated rings. The third kappa shape index (κ3) is 2.71. The van der Waals surface area contributed by atoms with Crippen molar-refractivity contribution in [2.45, 2.75) is 12.8 Å². The number of ketones is 1. The summed E-state index contributed by atoms with van der Waals surface area (Å²) in [5, 5.41) is 0. The SMILES string of the molecule is O=C(c1cccc(N2C(=O)[C@@H]3[C@H](C2=O)[C@H]2C=C[C@H]3C2)c1)c1cccc(N2C(=O)[C@@H]3[C@H](C2=O)[C@H]2C=C[C@H]3C2)c1. The van der Waals surface area contributed by atoms with E-state index in [2.05, 4.69) is 24.3 Å². The molecule has 2 heterocycles. The number of nitrogens with zero attached hydrogens (tertiary/aromatic N) is 2. The minimum atomic E-state index is -0.311. The van der Waals surface area contributed by atoms with E-state index >= 15 is 0 Å². The highest BCUT2D eigenvalue weighted by Gasteiger charge is 2.60. The molecule has 0 unspecified atom stereocenters. The lowest BCUT2D eigenvalue weighted by Gasteiger charge is -2.19. The van der Waals surface area contributed by atoms with Gasteiger partial charge in [-0.25, -0.2) is 9.80 Å². The number of allylic oxidation sites excluding steroid dienone is 4. The fourth-order valence-corrected chi connectivity index (χ4v) is 8.05. The average molecular weight is 505 g/mol. The maximum atomic E-state index is 13.5. The van der Waals surface area contributed by atoms with Crippen molar-refractivity contribution < 1.29 is 24.0 Å². The second-order valence-electron chi connectivity index (χ2n) is 11.5. The molecule has 2 saturated carbocycles. The van der Waals surface area contributed by atoms with Crippen molar-refractivity contribution in [2.24, 2.45) is 47.3 Å². The Bertz CT molecular complexity index is 1380. The largest absolute Gasteiger partial charge is 0.289 e. The monoisotopic (exact) mass is 504 g/mol. The molecule has 0 spiro atoms. The van der Waals surface area contributed by atoms with Gasteiger partial charge in [-0.3, -0.25) is 24.0 Å². The highest BCUT2D eigenvalue weighted by molar-refractivity contribution is 6.24. The predicted molar refractivity (Wildman–Crippen MR) is 137 cm³/mol. The van der Waals surface area contributed by atoms with Crippen LogP contribution in [0.25, 0.3) is 0 Å². The molecule has 38 heavy (non-hydrogen) atoms. The predicted octanol–water partition coefficient (Wildman–Crippen LogP) is 3.54. The number of hydrogen-bond acceptors (Lipinski definition) is 5. The van der Waals surface area contributed by atoms with Crippen LogP contribution in [0.2, 0.25) is 0 Å². The molecule has 7 heteroatoms. The van der Waals surface area contributed by atoms with Gasteiger partial charge in [0.2, 0.25) is 23.6 Å². The van der Waals surface area contributed by atoms with Gasteiger partial charge in [0.25, 0.3) is 0 Å². The fourth-order valence-electron chi connectivity index (χ4n) is 8.05. The van der Waals surface area contributed by atoms with Gasteiger partial charge in [-0.05, 0) is 60.8 Å². The van der Waals surface area contributed by atoms with E-state index < -0.39 is 0 Å². The van der Waals surface area contributed by atoms with Crippen LogP contribution < -0.4 is 9.80 Å². The van der Waals surface area contributed by atoms with Crippen LogP contribution in [0.4, 0.5) is 11.4 Å². The Kier molecular flexibility index (Phi) is 4.30. The summed E-state index contributed by atoms with van der Waals surface area (Å²) in [6.45, 7) is 0. The van der Waals surface area contributed by atoms with Gasteiger partial charge in [-0.15, -0.1) is 0 Å². The Labute approximate surface area is 218 Å². The van der Waals surface area contributed by atoms with E-state index in [-0.39, 0.29) is 76.8 Å². The summed E-state index contributed by atoms with van der Waals surface area (Å²) in [6, 6.07) is 13.2. The van der Waals surface area contributed by atoms with Gasteiger partial charge >= 0.3 is 0 Å². The maximum Gasteiger partial charge on any atom is 0.238 e. The number of benzene rings is 2. The van der Waals surface area contributed by atoms with Crippen LogP contribution in [-0.4, -0.2) is 29.4 Å². The summed E-state index contributed by atoms with van der Waals surface area (Å²) in [5.41, 5.74) is 1.46. The molecule has 7 nitrogen and oxygen atoms in total. The minimum Gasteiger partial charge on any atom is -0.289 e. The minimum absolute atomic E-state index is 0.112. The molecule has 6 aliphatic rings. The molecule has 2 saturated heterocycles. The lowest BCUT2D eigenvalue weighted by atomic mass is 9.85. The van der Waals surface area contributed by atoms with Gasteiger partial charge in [0, 0.05) is 11.1 Å². The second-order valence-corrected chi connectivity index (χ2v) is 11.5. The smallest absolute Gasteiger partial charge is 0.238 e. The molecule has 2 aromatic rings. The van der Waals surface area contributed by atoms with E-state index in [1.165, 1.54) is 9.80 Å². The topological polar surface area (TPSA) is 91.8 Å². The van der Waals surface area contributed by atoms with Crippen molar-refractivity contribution in [3.63, 3.8) is 0 Å². The van der Waals surface area contributed by atoms with Gasteiger partial charge in [-0.2, -0.15) is 0 Å². The van der Waals surface area contributed by atoms with Crippen LogP contribution in [0.5, 0.6) is 0 Å². The van der Waals surface area contributed by atoms with Crippen molar-refractivity contribution in [3.8, 4) is 0 Å². The lowest BCUT2D eigenvalue weighted by Crippen LogP contribution is -2.33. The van der Waals surface area contributed by atoms with Gasteiger partial charge in [0.05, 0.1) is 35.0 Å². The number of imide groups is 2. The van der Waals surface area contributed by atoms with E-state index in [1.54, 1.807) is 48.5 Å². The third-order valence-corrected chi connectivity index (χ3v) is 9.67. The molecule has 4 bridgehead atoms. The van der Waals surface area contributed by atoms with Crippen molar-refractivity contribution in [1.82, 2.24) is 0 Å². The number of rotatable bonds is 4. The summed E-state index contributed by atoms with van der Waals surface area (Å²) in [5.74, 6) is -1.87. The zero-order valence-electron chi connectivity index (χ0n) is 20.4. The van der Waals surface area contributed by atoms with Crippen molar-refractivity contribution in [1.29, 1.82) is 0 Å². The summed E-state index contributed by atoms with van der Waals surface area (Å²) in [6.07, 6.45) is 9.93. The Morgan fingerprint density at radius 3 is 1.24 bits per heavy atom. The molecule has 0 aromatic heterocycles. The third-order valence-electron chi connectivity index (χ3n) is 9.67. The van der Waals surface area contributed by atoms with Gasteiger partial charge in [-0.1, -0.05) is 48.6 Å². The Morgan fingerprint density at radius 1 is 0.553 bits per heavy atom. The van der Waals surface area contributed by atoms with Crippen molar-refractivity contribution >= 4 is 40.8 Å². The highest BCUT2D eigenvalue weighted by atomic mass is 16.2. The lowest BCUT2D eigenvalue weighted by molar-refractivity contribution is -0.124. The molecular weight excluding hydrogens is 480 g/mol. The Morgan fingerprint density at radius 2 is 0.895 bits per heavy atom. The van der Waals surface area contributed by atoms with Crippen LogP contribution in [0, 0.1) is 47.3 Å². The normalized spacial score (nSPS) is 35.7. The molecule has 4 aliphatic carbocycles. The number of amides is 4. The first-order chi connectivity index (χ1) is 18.4. The molecule has 2 aliphatic heterocycles. The maximum absolute atomic E-state index is 13.5. The molecule has 0 N–H and O–H groups in total. The molecule has 8 rings (SSSR count). The van der Waals surface area contributed by atoms with E-state index in [0.29, 0.717) is 22.5 Å². The zero-order valence-corrected chi connectivity index (χ0v) is 20.4. The van der Waals surface area contributed by atoms with Crippen LogP contribution in [0.15, 0.2) is 72.8 Å². The molecule has 188 valence electrons. The highest BCUT2D eigenvalue weighted by Crippen LogP contribution is 2.54. The molecule has 8 atom stereocenters. The molecule has 2 aromatic carbocycles. The number of fused-ring (bicyclic) bond motifs is 10. The second kappa shape index (κ2) is 7.47. The summed E-state index contributed by atoms with van der Waals surface area (Å²) in [4.78, 5) is 69.0. The first kappa shape index (κ1) is 21.9. The van der Waals surface area contributed by atoms with E-state index in [4.69, 9.17) is 0 Å². The van der Waals surface area contributed by atoms with Crippen LogP contribution in [0.3, 0.4) is 0 Å². The quantitative estimate of drug-likeness (QED) is 0.361. The van der Waals surface area contributed by atoms with Gasteiger partial charge in [0.15, 0.2) is 5.78 Å². The average Bonchev–Trinajstić information content (AvgIpc) is 3.77. The fraction of sp³-hybridized carbons (Fsp3) is 0.323. The first-order valence-corrected chi connectivity index (χ1v) is 13.3. The summed E-state index contributed by atoms with van der Waals surface area (Å²) >= 11 is 0. The van der Waals surface area contributed by atoms with Crippen molar-refractivity contribution in [3.05, 3.63) is 84.0 Å². The standard InChI is InChI=1S/C31H24N2O5/c34-27(19-3-1-5-21(13-19)32-28(35)23-15-7-8-16(11-15)24(23)29(32)36)20-4-2-6-22(14-20)33-30(37)25-17-9-10-18(12-17)26(25)31(33)38/h1-10,13-18,23-26H,11-12H2/t15-,16-,17-,18-,23-,24+,25-,26+/m0/s1. The number of anilines is 2. The zero-order chi connectivity index (χ0) is 25.9. The van der Waals surface area contributed by atoms with Crippen LogP contribution >= 0.6 is 0 Å². The summed E-state index contributed by atoms with van der Waals surface area (Å²) in [7, 11) is 0. The Hall–Kier alpha value is -4.13. The first-order valence-electron chi connectivity index (χ1n) is 13.3. The summed E-state index contributed by atoms with van der Waals surface area (Å²) < 4.78 is 0. The van der Waals surface area contributed by atoms with Gasteiger partial charge < -0.3 is 0 Å². The Balaban J connectivity index is 1.08. The number of carbonyl (C=O) groups is 5. The van der Waals surface area contributed by atoms with Crippen LogP contribution in [-0.2, 0) is 19.2 Å².